The molecule has 1 saturated heterocycles. The maximum absolute atomic E-state index is 12.7. The molecule has 0 aromatic carbocycles. The minimum atomic E-state index is -0.506. The quantitative estimate of drug-likeness (QED) is 0.386. The fraction of sp³-hybridized carbons (Fsp3) is 0.409. The number of ketones is 1. The van der Waals surface area contributed by atoms with Crippen LogP contribution in [0.2, 0.25) is 0 Å². The lowest BCUT2D eigenvalue weighted by molar-refractivity contribution is 0.0478. The third kappa shape index (κ3) is 4.26. The predicted molar refractivity (Wildman–Crippen MR) is 118 cm³/mol. The maximum atomic E-state index is 12.7. The molecule has 0 amide bonds. The molecule has 4 rings (SSSR count). The largest absolute Gasteiger partial charge is 0.453 e. The van der Waals surface area contributed by atoms with Crippen LogP contribution < -0.4 is 0 Å². The van der Waals surface area contributed by atoms with Gasteiger partial charge in [0.2, 0.25) is 5.78 Å². The molecule has 0 bridgehead atoms. The molecule has 158 valence electrons. The Hall–Kier alpha value is -2.29. The zero-order valence-corrected chi connectivity index (χ0v) is 18.9. The zero-order valence-electron chi connectivity index (χ0n) is 17.3. The molecule has 6 nitrogen and oxygen atoms in total. The minimum Gasteiger partial charge on any atom is -0.453 e. The third-order valence-electron chi connectivity index (χ3n) is 5.37. The van der Waals surface area contributed by atoms with Crippen LogP contribution in [-0.2, 0) is 16.0 Å². The number of Topliss-reactive ketones (excluding diaryl/α,β-unsaturated/α-hetero) is 1. The number of aromatic nitrogens is 2. The summed E-state index contributed by atoms with van der Waals surface area (Å²) in [4.78, 5) is 30.2. The van der Waals surface area contributed by atoms with Gasteiger partial charge in [0.05, 0.1) is 11.8 Å². The van der Waals surface area contributed by atoms with Crippen LogP contribution in [0.15, 0.2) is 22.9 Å². The number of carbonyl (C=O) groups excluding carboxylic acids is 2. The topological polar surface area (TPSA) is 70.4 Å². The summed E-state index contributed by atoms with van der Waals surface area (Å²) < 4.78 is 13.2. The molecule has 0 spiro atoms. The normalized spacial score (nSPS) is 16.2. The standard InChI is InChI=1S/C22H24N2O4S2/c1-13-9-18(15(3)24(13)10-17-5-4-7-27-17)19(25)11-28-22(26)20-14(2)23-21(30-20)16-6-8-29-12-16/h6,8-9,12,17H,4-5,7,10-11H2,1-3H3. The Morgan fingerprint density at radius 1 is 1.33 bits per heavy atom. The third-order valence-corrected chi connectivity index (χ3v) is 7.24. The fourth-order valence-electron chi connectivity index (χ4n) is 3.73. The SMILES string of the molecule is Cc1nc(-c2ccsc2)sc1C(=O)OCC(=O)c1cc(C)n(CC2CCCO2)c1C. The van der Waals surface area contributed by atoms with Crippen molar-refractivity contribution in [2.75, 3.05) is 13.2 Å². The molecule has 0 N–H and O–H groups in total. The highest BCUT2D eigenvalue weighted by molar-refractivity contribution is 7.17. The van der Waals surface area contributed by atoms with Crippen molar-refractivity contribution < 1.29 is 19.1 Å². The monoisotopic (exact) mass is 444 g/mol. The number of ether oxygens (including phenoxy) is 2. The van der Waals surface area contributed by atoms with Gasteiger partial charge < -0.3 is 14.0 Å². The first-order valence-corrected chi connectivity index (χ1v) is 11.7. The van der Waals surface area contributed by atoms with Gasteiger partial charge >= 0.3 is 5.97 Å². The molecule has 4 heterocycles. The van der Waals surface area contributed by atoms with E-state index in [0.29, 0.717) is 16.1 Å². The fourth-order valence-corrected chi connectivity index (χ4v) is 5.40. The van der Waals surface area contributed by atoms with Gasteiger partial charge in [0.1, 0.15) is 9.88 Å². The van der Waals surface area contributed by atoms with Gasteiger partial charge in [-0.1, -0.05) is 0 Å². The average Bonchev–Trinajstić information content (AvgIpc) is 3.51. The molecular formula is C22H24N2O4S2. The lowest BCUT2D eigenvalue weighted by Gasteiger charge is -2.14. The highest BCUT2D eigenvalue weighted by atomic mass is 32.1. The molecule has 1 aliphatic heterocycles. The lowest BCUT2D eigenvalue weighted by atomic mass is 10.1. The molecular weight excluding hydrogens is 420 g/mol. The van der Waals surface area contributed by atoms with E-state index in [2.05, 4.69) is 9.55 Å². The van der Waals surface area contributed by atoms with Gasteiger partial charge in [0.15, 0.2) is 6.61 Å². The molecule has 30 heavy (non-hydrogen) atoms. The van der Waals surface area contributed by atoms with Crippen molar-refractivity contribution >= 4 is 34.4 Å². The number of hydrogen-bond acceptors (Lipinski definition) is 7. The van der Waals surface area contributed by atoms with Crippen LogP contribution in [0, 0.1) is 20.8 Å². The zero-order chi connectivity index (χ0) is 21.3. The van der Waals surface area contributed by atoms with Crippen molar-refractivity contribution in [2.45, 2.75) is 46.3 Å². The molecule has 1 atom stereocenters. The Balaban J connectivity index is 1.42. The van der Waals surface area contributed by atoms with Crippen molar-refractivity contribution in [1.29, 1.82) is 0 Å². The number of esters is 1. The summed E-state index contributed by atoms with van der Waals surface area (Å²) in [5.41, 5.74) is 4.10. The van der Waals surface area contributed by atoms with E-state index in [4.69, 9.17) is 9.47 Å². The van der Waals surface area contributed by atoms with Crippen molar-refractivity contribution in [1.82, 2.24) is 9.55 Å². The first-order chi connectivity index (χ1) is 14.4. The van der Waals surface area contributed by atoms with Crippen LogP contribution in [0.25, 0.3) is 10.6 Å². The summed E-state index contributed by atoms with van der Waals surface area (Å²) in [5, 5.41) is 4.74. The maximum Gasteiger partial charge on any atom is 0.350 e. The van der Waals surface area contributed by atoms with Crippen molar-refractivity contribution in [3.8, 4) is 10.6 Å². The summed E-state index contributed by atoms with van der Waals surface area (Å²) in [6.45, 7) is 6.96. The van der Waals surface area contributed by atoms with Crippen LogP contribution in [0.3, 0.4) is 0 Å². The van der Waals surface area contributed by atoms with E-state index in [9.17, 15) is 9.59 Å². The van der Waals surface area contributed by atoms with E-state index in [0.717, 1.165) is 48.0 Å². The number of thiophene rings is 1. The summed E-state index contributed by atoms with van der Waals surface area (Å²) in [6, 6.07) is 3.83. The van der Waals surface area contributed by atoms with Crippen molar-refractivity contribution in [2.24, 2.45) is 0 Å². The molecule has 1 fully saturated rings. The number of thiazole rings is 1. The van der Waals surface area contributed by atoms with Gasteiger partial charge in [0.25, 0.3) is 0 Å². The summed E-state index contributed by atoms with van der Waals surface area (Å²) >= 11 is 2.87. The van der Waals surface area contributed by atoms with Gasteiger partial charge in [-0.15, -0.1) is 11.3 Å². The minimum absolute atomic E-state index is 0.197. The smallest absolute Gasteiger partial charge is 0.350 e. The molecule has 1 aliphatic rings. The number of carbonyl (C=O) groups is 2. The van der Waals surface area contributed by atoms with Gasteiger partial charge in [-0.25, -0.2) is 9.78 Å². The van der Waals surface area contributed by atoms with E-state index in [1.165, 1.54) is 11.3 Å². The highest BCUT2D eigenvalue weighted by Crippen LogP contribution is 2.30. The van der Waals surface area contributed by atoms with Crippen LogP contribution in [-0.4, -0.2) is 40.6 Å². The Labute approximate surface area is 183 Å². The van der Waals surface area contributed by atoms with E-state index < -0.39 is 5.97 Å². The number of hydrogen-bond donors (Lipinski definition) is 0. The summed E-state index contributed by atoms with van der Waals surface area (Å²) in [6.07, 6.45) is 2.32. The number of nitrogens with zero attached hydrogens (tertiary/aromatic N) is 2. The van der Waals surface area contributed by atoms with Gasteiger partial charge in [0, 0.05) is 41.0 Å². The van der Waals surface area contributed by atoms with Gasteiger partial charge in [-0.05, 0) is 51.1 Å². The summed E-state index contributed by atoms with van der Waals surface area (Å²) in [7, 11) is 0. The second-order valence-electron chi connectivity index (χ2n) is 7.48. The highest BCUT2D eigenvalue weighted by Gasteiger charge is 2.23. The Morgan fingerprint density at radius 2 is 2.17 bits per heavy atom. The summed E-state index contributed by atoms with van der Waals surface area (Å²) in [5.74, 6) is -0.705. The first-order valence-electron chi connectivity index (χ1n) is 9.92. The predicted octanol–water partition coefficient (Wildman–Crippen LogP) is 4.82. The Bertz CT molecular complexity index is 1060. The van der Waals surface area contributed by atoms with Crippen LogP contribution >= 0.6 is 22.7 Å². The molecule has 8 heteroatoms. The molecule has 3 aromatic heterocycles. The average molecular weight is 445 g/mol. The second-order valence-corrected chi connectivity index (χ2v) is 9.25. The van der Waals surface area contributed by atoms with Gasteiger partial charge in [-0.2, -0.15) is 11.3 Å². The first kappa shape index (κ1) is 21.0. The van der Waals surface area contributed by atoms with E-state index in [-0.39, 0.29) is 18.5 Å². The van der Waals surface area contributed by atoms with Crippen molar-refractivity contribution in [3.05, 3.63) is 50.4 Å². The molecule has 1 unspecified atom stereocenters. The van der Waals surface area contributed by atoms with Crippen molar-refractivity contribution in [3.63, 3.8) is 0 Å². The van der Waals surface area contributed by atoms with E-state index in [1.54, 1.807) is 18.3 Å². The van der Waals surface area contributed by atoms with Gasteiger partial charge in [-0.3, -0.25) is 4.79 Å². The van der Waals surface area contributed by atoms with Crippen LogP contribution in [0.5, 0.6) is 0 Å². The second kappa shape index (κ2) is 8.83. The molecule has 0 radical (unpaired) electrons. The Kier molecular flexibility index (Phi) is 6.17. The molecule has 0 aliphatic carbocycles. The number of rotatable bonds is 7. The van der Waals surface area contributed by atoms with Crippen LogP contribution in [0.1, 0.15) is 50.0 Å². The van der Waals surface area contributed by atoms with Crippen LogP contribution in [0.4, 0.5) is 0 Å². The number of aryl methyl sites for hydroxylation is 2. The van der Waals surface area contributed by atoms with E-state index in [1.807, 2.05) is 36.7 Å². The lowest BCUT2D eigenvalue weighted by Crippen LogP contribution is -2.18. The molecule has 3 aromatic rings. The molecule has 0 saturated carbocycles. The Morgan fingerprint density at radius 3 is 2.87 bits per heavy atom. The van der Waals surface area contributed by atoms with E-state index >= 15 is 0 Å².